The van der Waals surface area contributed by atoms with Gasteiger partial charge in [0.2, 0.25) is 0 Å². The van der Waals surface area contributed by atoms with Gasteiger partial charge in [0.05, 0.1) is 12.7 Å². The number of benzene rings is 2. The molecule has 1 N–H and O–H groups in total. The van der Waals surface area contributed by atoms with E-state index in [1.807, 2.05) is 17.5 Å². The molecule has 116 valence electrons. The maximum atomic E-state index is 13.3. The van der Waals surface area contributed by atoms with Gasteiger partial charge >= 0.3 is 0 Å². The number of amides is 1. The van der Waals surface area contributed by atoms with Gasteiger partial charge in [-0.3, -0.25) is 4.79 Å². The van der Waals surface area contributed by atoms with E-state index in [2.05, 4.69) is 14.9 Å². The van der Waals surface area contributed by atoms with Gasteiger partial charge in [-0.05, 0) is 41.9 Å². The summed E-state index contributed by atoms with van der Waals surface area (Å²) in [6, 6.07) is 11.0. The van der Waals surface area contributed by atoms with Gasteiger partial charge in [0.25, 0.3) is 5.91 Å². The van der Waals surface area contributed by atoms with Crippen molar-refractivity contribution in [1.82, 2.24) is 9.59 Å². The Morgan fingerprint density at radius 3 is 2.65 bits per heavy atom. The first-order valence-corrected chi connectivity index (χ1v) is 7.53. The highest BCUT2D eigenvalue weighted by Crippen LogP contribution is 2.23. The van der Waals surface area contributed by atoms with E-state index in [-0.39, 0.29) is 5.56 Å². The molecule has 2 aromatic carbocycles. The Morgan fingerprint density at radius 2 is 2.00 bits per heavy atom. The van der Waals surface area contributed by atoms with E-state index in [9.17, 15) is 9.18 Å². The van der Waals surface area contributed by atoms with Crippen LogP contribution >= 0.6 is 11.5 Å². The lowest BCUT2D eigenvalue weighted by atomic mass is 10.1. The lowest BCUT2D eigenvalue weighted by molar-refractivity contribution is 0.102. The Morgan fingerprint density at radius 1 is 1.22 bits per heavy atom. The van der Waals surface area contributed by atoms with E-state index in [4.69, 9.17) is 4.74 Å². The van der Waals surface area contributed by atoms with E-state index < -0.39 is 11.7 Å². The van der Waals surface area contributed by atoms with Crippen molar-refractivity contribution < 1.29 is 13.9 Å². The van der Waals surface area contributed by atoms with Crippen molar-refractivity contribution in [1.29, 1.82) is 0 Å². The van der Waals surface area contributed by atoms with Crippen LogP contribution in [-0.4, -0.2) is 22.6 Å². The quantitative estimate of drug-likeness (QED) is 0.794. The summed E-state index contributed by atoms with van der Waals surface area (Å²) in [6.07, 6.45) is 0. The topological polar surface area (TPSA) is 64.1 Å². The molecule has 7 heteroatoms. The minimum Gasteiger partial charge on any atom is -0.496 e. The molecule has 0 aliphatic heterocycles. The number of nitrogens with one attached hydrogen (secondary N) is 1. The van der Waals surface area contributed by atoms with Crippen LogP contribution in [0.2, 0.25) is 0 Å². The Hall–Kier alpha value is -2.80. The van der Waals surface area contributed by atoms with Crippen molar-refractivity contribution in [2.24, 2.45) is 0 Å². The van der Waals surface area contributed by atoms with Gasteiger partial charge in [-0.1, -0.05) is 16.6 Å². The summed E-state index contributed by atoms with van der Waals surface area (Å²) >= 11 is 1.27. The van der Waals surface area contributed by atoms with Gasteiger partial charge in [0, 0.05) is 16.6 Å². The summed E-state index contributed by atoms with van der Waals surface area (Å²) in [6.45, 7) is 0. The summed E-state index contributed by atoms with van der Waals surface area (Å²) in [7, 11) is 1.43. The Kier molecular flexibility index (Phi) is 4.29. The number of nitrogens with zero attached hydrogens (tertiary/aromatic N) is 2. The van der Waals surface area contributed by atoms with Crippen molar-refractivity contribution in [2.45, 2.75) is 0 Å². The Balaban J connectivity index is 1.79. The fourth-order valence-electron chi connectivity index (χ4n) is 2.07. The Labute approximate surface area is 135 Å². The molecule has 0 bridgehead atoms. The number of rotatable bonds is 4. The van der Waals surface area contributed by atoms with Gasteiger partial charge in [-0.2, -0.15) is 0 Å². The summed E-state index contributed by atoms with van der Waals surface area (Å²) < 4.78 is 22.2. The number of hydrogen-bond acceptors (Lipinski definition) is 5. The molecule has 0 aliphatic carbocycles. The van der Waals surface area contributed by atoms with E-state index in [0.29, 0.717) is 11.4 Å². The second-order valence-electron chi connectivity index (χ2n) is 4.67. The first kappa shape index (κ1) is 15.1. The molecule has 0 radical (unpaired) electrons. The number of halogens is 1. The normalized spacial score (nSPS) is 10.3. The van der Waals surface area contributed by atoms with Crippen molar-refractivity contribution >= 4 is 23.1 Å². The van der Waals surface area contributed by atoms with Crippen LogP contribution in [0.15, 0.2) is 47.8 Å². The number of carbonyl (C=O) groups is 1. The first-order valence-electron chi connectivity index (χ1n) is 6.70. The zero-order valence-electron chi connectivity index (χ0n) is 12.1. The highest BCUT2D eigenvalue weighted by Gasteiger charge is 2.13. The molecule has 5 nitrogen and oxygen atoms in total. The monoisotopic (exact) mass is 329 g/mol. The van der Waals surface area contributed by atoms with Crippen molar-refractivity contribution in [3.63, 3.8) is 0 Å². The van der Waals surface area contributed by atoms with Crippen LogP contribution in [0.5, 0.6) is 5.75 Å². The van der Waals surface area contributed by atoms with Crippen LogP contribution in [0.25, 0.3) is 11.3 Å². The third kappa shape index (κ3) is 3.35. The maximum Gasteiger partial charge on any atom is 0.259 e. The van der Waals surface area contributed by atoms with Crippen LogP contribution in [0, 0.1) is 5.82 Å². The summed E-state index contributed by atoms with van der Waals surface area (Å²) in [4.78, 5) is 12.3. The molecule has 1 aromatic heterocycles. The predicted molar refractivity (Wildman–Crippen MR) is 86.3 cm³/mol. The lowest BCUT2D eigenvalue weighted by Crippen LogP contribution is -2.13. The van der Waals surface area contributed by atoms with E-state index in [1.54, 1.807) is 12.1 Å². The van der Waals surface area contributed by atoms with Gasteiger partial charge in [0.15, 0.2) is 0 Å². The molecule has 0 saturated carbocycles. The standard InChI is InChI=1S/C16H12FN3O2S/c1-22-15-7-4-11(17)8-13(15)16(21)18-12-5-2-10(3-6-12)14-9-23-20-19-14/h2-9H,1H3,(H,18,21). The lowest BCUT2D eigenvalue weighted by Gasteiger charge is -2.09. The third-order valence-electron chi connectivity index (χ3n) is 3.20. The number of ether oxygens (including phenoxy) is 1. The van der Waals surface area contributed by atoms with Crippen LogP contribution < -0.4 is 10.1 Å². The molecular formula is C16H12FN3O2S. The Bertz CT molecular complexity index is 820. The minimum absolute atomic E-state index is 0.139. The maximum absolute atomic E-state index is 13.3. The molecular weight excluding hydrogens is 317 g/mol. The van der Waals surface area contributed by atoms with E-state index in [0.717, 1.165) is 17.3 Å². The zero-order chi connectivity index (χ0) is 16.2. The van der Waals surface area contributed by atoms with Gasteiger partial charge in [-0.25, -0.2) is 4.39 Å². The van der Waals surface area contributed by atoms with E-state index in [1.165, 1.54) is 30.8 Å². The van der Waals surface area contributed by atoms with Crippen LogP contribution in [0.3, 0.4) is 0 Å². The van der Waals surface area contributed by atoms with Gasteiger partial charge in [0.1, 0.15) is 17.3 Å². The zero-order valence-corrected chi connectivity index (χ0v) is 12.9. The average molecular weight is 329 g/mol. The van der Waals surface area contributed by atoms with Gasteiger partial charge in [-0.15, -0.1) is 5.10 Å². The molecule has 0 aliphatic rings. The van der Waals surface area contributed by atoms with Crippen LogP contribution in [0.1, 0.15) is 10.4 Å². The highest BCUT2D eigenvalue weighted by molar-refractivity contribution is 7.03. The van der Waals surface area contributed by atoms with Gasteiger partial charge < -0.3 is 10.1 Å². The van der Waals surface area contributed by atoms with Crippen LogP contribution in [0.4, 0.5) is 10.1 Å². The fraction of sp³-hybridized carbons (Fsp3) is 0.0625. The summed E-state index contributed by atoms with van der Waals surface area (Å²) in [5, 5.41) is 8.53. The summed E-state index contributed by atoms with van der Waals surface area (Å²) in [5.41, 5.74) is 2.41. The summed E-state index contributed by atoms with van der Waals surface area (Å²) in [5.74, 6) is -0.624. The average Bonchev–Trinajstić information content (AvgIpc) is 3.10. The van der Waals surface area contributed by atoms with E-state index >= 15 is 0 Å². The molecule has 0 unspecified atom stereocenters. The largest absolute Gasteiger partial charge is 0.496 e. The number of hydrogen-bond donors (Lipinski definition) is 1. The smallest absolute Gasteiger partial charge is 0.259 e. The molecule has 3 rings (SSSR count). The number of aromatic nitrogens is 2. The van der Waals surface area contributed by atoms with Crippen molar-refractivity contribution in [2.75, 3.05) is 12.4 Å². The second kappa shape index (κ2) is 6.53. The molecule has 23 heavy (non-hydrogen) atoms. The second-order valence-corrected chi connectivity index (χ2v) is 5.28. The third-order valence-corrected chi connectivity index (χ3v) is 3.71. The number of anilines is 1. The first-order chi connectivity index (χ1) is 11.2. The predicted octanol–water partition coefficient (Wildman–Crippen LogP) is 3.61. The SMILES string of the molecule is COc1ccc(F)cc1C(=O)Nc1ccc(-c2csnn2)cc1. The fourth-order valence-corrected chi connectivity index (χ4v) is 2.54. The number of methoxy groups -OCH3 is 1. The van der Waals surface area contributed by atoms with Crippen molar-refractivity contribution in [3.8, 4) is 17.0 Å². The minimum atomic E-state index is -0.498. The highest BCUT2D eigenvalue weighted by atomic mass is 32.1. The van der Waals surface area contributed by atoms with Crippen molar-refractivity contribution in [3.05, 3.63) is 59.2 Å². The molecule has 0 saturated heterocycles. The molecule has 1 amide bonds. The molecule has 0 fully saturated rings. The van der Waals surface area contributed by atoms with Crippen LogP contribution in [-0.2, 0) is 0 Å². The molecule has 1 heterocycles. The molecule has 0 atom stereocenters. The molecule has 3 aromatic rings. The molecule has 0 spiro atoms. The number of carbonyl (C=O) groups excluding carboxylic acids is 1.